The Balaban J connectivity index is 1.74. The molecule has 1 aromatic heterocycles. The molecule has 1 amide bonds. The first-order chi connectivity index (χ1) is 10.3. The van der Waals surface area contributed by atoms with Gasteiger partial charge in [-0.2, -0.15) is 0 Å². The predicted molar refractivity (Wildman–Crippen MR) is 87.9 cm³/mol. The number of rotatable bonds is 4. The van der Waals surface area contributed by atoms with E-state index in [1.807, 2.05) is 12.1 Å². The molecule has 0 atom stereocenters. The summed E-state index contributed by atoms with van der Waals surface area (Å²) in [5, 5.41) is 3.03. The third-order valence-electron chi connectivity index (χ3n) is 3.88. The quantitative estimate of drug-likeness (QED) is 0.663. The van der Waals surface area contributed by atoms with Gasteiger partial charge >= 0.3 is 0 Å². The second-order valence-corrected chi connectivity index (χ2v) is 6.78. The van der Waals surface area contributed by atoms with E-state index in [9.17, 15) is 4.79 Å². The van der Waals surface area contributed by atoms with Gasteiger partial charge in [-0.25, -0.2) is 0 Å². The molecule has 1 aliphatic rings. The van der Waals surface area contributed by atoms with Crippen molar-refractivity contribution in [1.29, 1.82) is 0 Å². The highest BCUT2D eigenvalue weighted by atomic mass is 32.1. The molecule has 2 rings (SSSR count). The van der Waals surface area contributed by atoms with E-state index < -0.39 is 0 Å². The molecular formula is C17H24N2OS. The number of amides is 1. The lowest BCUT2D eigenvalue weighted by molar-refractivity contribution is -0.122. The van der Waals surface area contributed by atoms with Crippen molar-refractivity contribution in [1.82, 2.24) is 5.32 Å². The smallest absolute Gasteiger partial charge is 0.220 e. The second kappa shape index (κ2) is 8.86. The highest BCUT2D eigenvalue weighted by Gasteiger charge is 2.15. The Bertz CT molecular complexity index is 504. The van der Waals surface area contributed by atoms with E-state index in [-0.39, 0.29) is 5.91 Å². The summed E-state index contributed by atoms with van der Waals surface area (Å²) in [5.74, 6) is 6.63. The lowest BCUT2D eigenvalue weighted by Gasteiger charge is -2.13. The molecule has 0 unspecified atom stereocenters. The van der Waals surface area contributed by atoms with Crippen LogP contribution in [0.2, 0.25) is 0 Å². The van der Waals surface area contributed by atoms with Crippen molar-refractivity contribution in [2.75, 3.05) is 6.54 Å². The fourth-order valence-corrected chi connectivity index (χ4v) is 3.59. The Labute approximate surface area is 131 Å². The summed E-state index contributed by atoms with van der Waals surface area (Å²) in [4.78, 5) is 14.2. The minimum atomic E-state index is 0.185. The molecule has 114 valence electrons. The number of carbonyl (C=O) groups excluding carboxylic acids is 1. The SMILES string of the molecule is NCC#Cc1ccc(CNC(=O)CC2CCCCCC2)s1. The van der Waals surface area contributed by atoms with Crippen molar-refractivity contribution in [2.24, 2.45) is 11.7 Å². The van der Waals surface area contributed by atoms with Gasteiger partial charge in [0, 0.05) is 11.3 Å². The van der Waals surface area contributed by atoms with Crippen LogP contribution in [0.25, 0.3) is 0 Å². The monoisotopic (exact) mass is 304 g/mol. The summed E-state index contributed by atoms with van der Waals surface area (Å²) >= 11 is 1.62. The summed E-state index contributed by atoms with van der Waals surface area (Å²) in [7, 11) is 0. The fourth-order valence-electron chi connectivity index (χ4n) is 2.77. The van der Waals surface area contributed by atoms with Gasteiger partial charge in [-0.15, -0.1) is 11.3 Å². The summed E-state index contributed by atoms with van der Waals surface area (Å²) < 4.78 is 0. The highest BCUT2D eigenvalue weighted by Crippen LogP contribution is 2.25. The second-order valence-electron chi connectivity index (χ2n) is 5.61. The van der Waals surface area contributed by atoms with Gasteiger partial charge in [-0.05, 0) is 30.9 Å². The first-order valence-corrected chi connectivity index (χ1v) is 8.64. The van der Waals surface area contributed by atoms with E-state index in [1.54, 1.807) is 11.3 Å². The van der Waals surface area contributed by atoms with E-state index in [0.29, 0.717) is 25.4 Å². The molecule has 0 aliphatic heterocycles. The van der Waals surface area contributed by atoms with Gasteiger partial charge in [0.2, 0.25) is 5.91 Å². The predicted octanol–water partition coefficient (Wildman–Crippen LogP) is 3.04. The molecule has 1 aliphatic carbocycles. The largest absolute Gasteiger partial charge is 0.351 e. The van der Waals surface area contributed by atoms with Crippen molar-refractivity contribution in [3.05, 3.63) is 21.9 Å². The molecule has 0 saturated heterocycles. The third-order valence-corrected chi connectivity index (χ3v) is 4.88. The van der Waals surface area contributed by atoms with E-state index in [0.717, 1.165) is 9.75 Å². The molecular weight excluding hydrogens is 280 g/mol. The van der Waals surface area contributed by atoms with E-state index in [1.165, 1.54) is 38.5 Å². The minimum absolute atomic E-state index is 0.185. The Morgan fingerprint density at radius 3 is 2.76 bits per heavy atom. The van der Waals surface area contributed by atoms with Crippen molar-refractivity contribution in [2.45, 2.75) is 51.5 Å². The van der Waals surface area contributed by atoms with Crippen LogP contribution in [-0.2, 0) is 11.3 Å². The van der Waals surface area contributed by atoms with E-state index >= 15 is 0 Å². The summed E-state index contributed by atoms with van der Waals surface area (Å²) in [6.45, 7) is 0.992. The fraction of sp³-hybridized carbons (Fsp3) is 0.588. The molecule has 1 heterocycles. The molecule has 0 spiro atoms. The van der Waals surface area contributed by atoms with E-state index in [4.69, 9.17) is 5.73 Å². The van der Waals surface area contributed by atoms with Crippen LogP contribution in [0.5, 0.6) is 0 Å². The molecule has 0 radical (unpaired) electrons. The van der Waals surface area contributed by atoms with Crippen LogP contribution >= 0.6 is 11.3 Å². The molecule has 1 fully saturated rings. The Morgan fingerprint density at radius 2 is 2.05 bits per heavy atom. The first kappa shape index (κ1) is 16.1. The number of nitrogens with one attached hydrogen (secondary N) is 1. The number of hydrogen-bond donors (Lipinski definition) is 2. The van der Waals surface area contributed by atoms with Crippen LogP contribution in [0, 0.1) is 17.8 Å². The van der Waals surface area contributed by atoms with Crippen molar-refractivity contribution < 1.29 is 4.79 Å². The van der Waals surface area contributed by atoms with Crippen LogP contribution in [0.4, 0.5) is 0 Å². The molecule has 0 bridgehead atoms. The molecule has 21 heavy (non-hydrogen) atoms. The molecule has 1 aromatic rings. The van der Waals surface area contributed by atoms with Crippen molar-refractivity contribution in [3.8, 4) is 11.8 Å². The van der Waals surface area contributed by atoms with Crippen LogP contribution in [0.1, 0.15) is 54.7 Å². The summed E-state index contributed by atoms with van der Waals surface area (Å²) in [6.07, 6.45) is 8.35. The Hall–Kier alpha value is -1.31. The standard InChI is InChI=1S/C17H24N2OS/c18-11-5-8-15-9-10-16(21-15)13-19-17(20)12-14-6-3-1-2-4-7-14/h9-10,14H,1-4,6-7,11-13,18H2,(H,19,20). The zero-order valence-corrected chi connectivity index (χ0v) is 13.3. The van der Waals surface area contributed by atoms with Gasteiger partial charge in [-0.3, -0.25) is 4.79 Å². The number of thiophene rings is 1. The molecule has 0 aromatic carbocycles. The summed E-state index contributed by atoms with van der Waals surface area (Å²) in [5.41, 5.74) is 5.36. The van der Waals surface area contributed by atoms with Crippen LogP contribution in [0.3, 0.4) is 0 Å². The first-order valence-electron chi connectivity index (χ1n) is 7.82. The maximum atomic E-state index is 12.0. The minimum Gasteiger partial charge on any atom is -0.351 e. The number of hydrogen-bond acceptors (Lipinski definition) is 3. The van der Waals surface area contributed by atoms with Gasteiger partial charge in [0.1, 0.15) is 0 Å². The van der Waals surface area contributed by atoms with Crippen molar-refractivity contribution in [3.63, 3.8) is 0 Å². The van der Waals surface area contributed by atoms with Crippen molar-refractivity contribution >= 4 is 17.2 Å². The summed E-state index contributed by atoms with van der Waals surface area (Å²) in [6, 6.07) is 4.01. The normalized spacial score (nSPS) is 15.9. The lowest BCUT2D eigenvalue weighted by Crippen LogP contribution is -2.24. The molecule has 3 nitrogen and oxygen atoms in total. The molecule has 3 N–H and O–H groups in total. The average Bonchev–Trinajstić information content (AvgIpc) is 2.79. The van der Waals surface area contributed by atoms with Gasteiger partial charge in [0.25, 0.3) is 0 Å². The zero-order chi connectivity index (χ0) is 14.9. The number of nitrogens with two attached hydrogens (primary N) is 1. The van der Waals surface area contributed by atoms with Crippen LogP contribution in [0.15, 0.2) is 12.1 Å². The van der Waals surface area contributed by atoms with Crippen LogP contribution in [-0.4, -0.2) is 12.5 Å². The molecule has 1 saturated carbocycles. The Kier molecular flexibility index (Phi) is 6.78. The van der Waals surface area contributed by atoms with Gasteiger partial charge in [-0.1, -0.05) is 37.5 Å². The van der Waals surface area contributed by atoms with Gasteiger partial charge < -0.3 is 11.1 Å². The third kappa shape index (κ3) is 5.91. The maximum absolute atomic E-state index is 12.0. The maximum Gasteiger partial charge on any atom is 0.220 e. The van der Waals surface area contributed by atoms with Crippen LogP contribution < -0.4 is 11.1 Å². The highest BCUT2D eigenvalue weighted by molar-refractivity contribution is 7.12. The topological polar surface area (TPSA) is 55.1 Å². The average molecular weight is 304 g/mol. The zero-order valence-electron chi connectivity index (χ0n) is 12.5. The van der Waals surface area contributed by atoms with E-state index in [2.05, 4.69) is 17.2 Å². The lowest BCUT2D eigenvalue weighted by atomic mass is 9.96. The van der Waals surface area contributed by atoms with Gasteiger partial charge in [0.05, 0.1) is 18.0 Å². The number of carbonyl (C=O) groups is 1. The van der Waals surface area contributed by atoms with Gasteiger partial charge in [0.15, 0.2) is 0 Å². The molecule has 4 heteroatoms. The Morgan fingerprint density at radius 1 is 1.29 bits per heavy atom.